The maximum Gasteiger partial charge on any atom is 0.204 e. The molecule has 0 aromatic heterocycles. The van der Waals surface area contributed by atoms with Gasteiger partial charge >= 0.3 is 0 Å². The van der Waals surface area contributed by atoms with Gasteiger partial charge in [0.1, 0.15) is 11.8 Å². The van der Waals surface area contributed by atoms with Crippen LogP contribution in [0.3, 0.4) is 0 Å². The quantitative estimate of drug-likeness (QED) is 0.172. The molecule has 3 atom stereocenters. The van der Waals surface area contributed by atoms with E-state index in [1.54, 1.807) is 35.5 Å². The van der Waals surface area contributed by atoms with Gasteiger partial charge in [0.05, 0.1) is 42.0 Å². The summed E-state index contributed by atoms with van der Waals surface area (Å²) in [5.74, 6) is 4.85. The highest BCUT2D eigenvalue weighted by atomic mass is 16.6. The summed E-state index contributed by atoms with van der Waals surface area (Å²) in [7, 11) is 10.5. The van der Waals surface area contributed by atoms with E-state index in [4.69, 9.17) is 28.4 Å². The Morgan fingerprint density at radius 1 is 0.745 bits per heavy atom. The van der Waals surface area contributed by atoms with Crippen molar-refractivity contribution in [3.8, 4) is 46.0 Å². The Labute approximate surface area is 276 Å². The molecule has 0 fully saturated rings. The lowest BCUT2D eigenvalue weighted by Gasteiger charge is -2.49. The maximum atomic E-state index is 14.1. The van der Waals surface area contributed by atoms with E-state index >= 15 is 0 Å². The fourth-order valence-electron chi connectivity index (χ4n) is 7.42. The molecule has 0 N–H and O–H groups in total. The van der Waals surface area contributed by atoms with Crippen LogP contribution in [0.4, 0.5) is 0 Å². The van der Waals surface area contributed by atoms with Crippen LogP contribution in [0.2, 0.25) is 0 Å². The Bertz CT molecular complexity index is 1800. The highest BCUT2D eigenvalue weighted by Gasteiger charge is 2.37. The molecule has 9 heteroatoms. The van der Waals surface area contributed by atoms with Crippen LogP contribution in [0.25, 0.3) is 0 Å². The molecule has 4 aliphatic heterocycles. The molecule has 6 bridgehead atoms. The molecule has 246 valence electrons. The lowest BCUT2D eigenvalue weighted by atomic mass is 9.87. The molecular weight excluding hydrogens is 596 g/mol. The fraction of sp³-hybridized carbons (Fsp3) is 0.368. The van der Waals surface area contributed by atoms with Crippen molar-refractivity contribution in [2.24, 2.45) is 0 Å². The molecule has 47 heavy (non-hydrogen) atoms. The molecule has 0 amide bonds. The smallest absolute Gasteiger partial charge is 0.204 e. The first kappa shape index (κ1) is 31.2. The first-order valence-electron chi connectivity index (χ1n) is 16.1. The number of hydroxylamine groups is 3. The number of ether oxygens (including phenoxy) is 6. The van der Waals surface area contributed by atoms with Crippen molar-refractivity contribution >= 4 is 0 Å². The fourth-order valence-corrected chi connectivity index (χ4v) is 7.42. The van der Waals surface area contributed by atoms with Gasteiger partial charge in [-0.15, -0.1) is 0 Å². The van der Waals surface area contributed by atoms with Gasteiger partial charge in [0.25, 0.3) is 0 Å². The summed E-state index contributed by atoms with van der Waals surface area (Å²) in [6.07, 6.45) is 2.72. The van der Waals surface area contributed by atoms with Gasteiger partial charge in [-0.2, -0.15) is 0 Å². The minimum Gasteiger partial charge on any atom is -0.633 e. The van der Waals surface area contributed by atoms with Gasteiger partial charge in [-0.3, -0.25) is 4.90 Å². The highest BCUT2D eigenvalue weighted by molar-refractivity contribution is 5.63. The average Bonchev–Trinajstić information content (AvgIpc) is 3.07. The predicted octanol–water partition coefficient (Wildman–Crippen LogP) is 7.18. The Morgan fingerprint density at radius 3 is 2.17 bits per heavy atom. The molecule has 9 nitrogen and oxygen atoms in total. The molecule has 0 aliphatic carbocycles. The number of likely N-dealkylation sites (N-methyl/N-ethyl adjacent to an activating group) is 2. The Balaban J connectivity index is 1.48. The van der Waals surface area contributed by atoms with Crippen molar-refractivity contribution in [2.75, 3.05) is 55.6 Å². The lowest BCUT2D eigenvalue weighted by Crippen LogP contribution is -2.47. The molecule has 4 aromatic rings. The molecule has 0 radical (unpaired) electrons. The van der Waals surface area contributed by atoms with Crippen molar-refractivity contribution in [3.05, 3.63) is 99.3 Å². The second kappa shape index (κ2) is 12.3. The summed E-state index contributed by atoms with van der Waals surface area (Å²) in [6, 6.07) is 19.8. The van der Waals surface area contributed by atoms with E-state index in [2.05, 4.69) is 30.1 Å². The molecule has 0 saturated heterocycles. The van der Waals surface area contributed by atoms with E-state index in [-0.39, 0.29) is 16.7 Å². The summed E-state index contributed by atoms with van der Waals surface area (Å²) >= 11 is 0. The zero-order valence-corrected chi connectivity index (χ0v) is 27.9. The maximum absolute atomic E-state index is 14.1. The molecule has 8 rings (SSSR count). The summed E-state index contributed by atoms with van der Waals surface area (Å²) in [5.41, 5.74) is 6.37. The molecular formula is C38H42N2O7. The zero-order valence-electron chi connectivity index (χ0n) is 27.9. The van der Waals surface area contributed by atoms with E-state index in [9.17, 15) is 5.21 Å². The second-order valence-electron chi connectivity index (χ2n) is 12.9. The van der Waals surface area contributed by atoms with Crippen molar-refractivity contribution in [2.45, 2.75) is 37.8 Å². The van der Waals surface area contributed by atoms with Crippen molar-refractivity contribution in [1.82, 2.24) is 4.90 Å². The Hall–Kier alpha value is -4.44. The number of quaternary nitrogens is 1. The van der Waals surface area contributed by atoms with Crippen LogP contribution in [-0.2, 0) is 25.7 Å². The minimum atomic E-state index is -0.383. The van der Waals surface area contributed by atoms with Gasteiger partial charge in [-0.25, -0.2) is 0 Å². The Morgan fingerprint density at radius 2 is 1.45 bits per heavy atom. The number of benzene rings is 4. The molecule has 0 saturated carbocycles. The summed E-state index contributed by atoms with van der Waals surface area (Å²) in [5, 5.41) is 14.1. The first-order chi connectivity index (χ1) is 22.7. The Kier molecular flexibility index (Phi) is 8.16. The van der Waals surface area contributed by atoms with Crippen LogP contribution >= 0.6 is 0 Å². The van der Waals surface area contributed by atoms with Crippen LogP contribution in [-0.4, -0.2) is 65.2 Å². The van der Waals surface area contributed by atoms with Gasteiger partial charge in [0.15, 0.2) is 34.5 Å². The van der Waals surface area contributed by atoms with E-state index in [1.165, 1.54) is 0 Å². The van der Waals surface area contributed by atoms with E-state index in [1.807, 2.05) is 42.5 Å². The first-order valence-corrected chi connectivity index (χ1v) is 16.1. The molecule has 4 aliphatic rings. The second-order valence-corrected chi connectivity index (χ2v) is 12.9. The summed E-state index contributed by atoms with van der Waals surface area (Å²) in [6.45, 7) is 1.34. The van der Waals surface area contributed by atoms with Gasteiger partial charge in [-0.1, -0.05) is 18.2 Å². The van der Waals surface area contributed by atoms with Crippen molar-refractivity contribution in [3.63, 3.8) is 0 Å². The molecule has 0 spiro atoms. The molecule has 4 aromatic carbocycles. The monoisotopic (exact) mass is 638 g/mol. The van der Waals surface area contributed by atoms with Crippen molar-refractivity contribution < 1.29 is 33.1 Å². The van der Waals surface area contributed by atoms with Crippen LogP contribution in [0.1, 0.15) is 45.5 Å². The number of fused-ring (bicyclic) bond motifs is 2. The van der Waals surface area contributed by atoms with Crippen LogP contribution < -0.4 is 28.4 Å². The largest absolute Gasteiger partial charge is 0.633 e. The average molecular weight is 639 g/mol. The van der Waals surface area contributed by atoms with Crippen LogP contribution in [0, 0.1) is 5.21 Å². The summed E-state index contributed by atoms with van der Waals surface area (Å²) < 4.78 is 36.5. The normalized spacial score (nSPS) is 21.8. The van der Waals surface area contributed by atoms with E-state index in [0.29, 0.717) is 71.8 Å². The number of hydrogen-bond donors (Lipinski definition) is 0. The SMILES string of the molecule is COc1ccc2cc1Oc1ccc(cc1)C[C@H]1c3cc(c(OC)cc3CC[N@+]1(C)[O-])Oc1c(OC)c(OC)cc3c1[C@@H](C2)N(C)CC3. The third kappa shape index (κ3) is 5.62. The number of nitrogens with zero attached hydrogens (tertiary/aromatic N) is 2. The zero-order chi connectivity index (χ0) is 32.9. The van der Waals surface area contributed by atoms with Gasteiger partial charge < -0.3 is 38.3 Å². The van der Waals surface area contributed by atoms with Gasteiger partial charge in [-0.05, 0) is 84.6 Å². The minimum absolute atomic E-state index is 0.0501. The third-order valence-corrected chi connectivity index (χ3v) is 10.1. The standard InChI is InChI=1S/C38H42N2O7/c1-39-15-13-26-21-35(44-5)37(45-6)38-36(26)29(39)17-24-9-12-31(42-3)33(19-24)46-27-10-7-23(8-11-27)18-30-28-22-34(47-38)32(43-4)20-25(28)14-16-40(30,2)41/h7-12,19-22,29-30H,13-18H2,1-6H3/t29-,30+,40+/m1/s1. The number of methoxy groups -OCH3 is 4. The van der Waals surface area contributed by atoms with E-state index < -0.39 is 0 Å². The molecule has 4 heterocycles. The lowest BCUT2D eigenvalue weighted by molar-refractivity contribution is -0.894. The third-order valence-electron chi connectivity index (χ3n) is 10.1. The van der Waals surface area contributed by atoms with Gasteiger partial charge in [0, 0.05) is 36.6 Å². The highest BCUT2D eigenvalue weighted by Crippen LogP contribution is 2.52. The number of rotatable bonds is 4. The number of hydrogen-bond acceptors (Lipinski definition) is 8. The van der Waals surface area contributed by atoms with Crippen LogP contribution in [0.15, 0.2) is 60.7 Å². The predicted molar refractivity (Wildman–Crippen MR) is 179 cm³/mol. The van der Waals surface area contributed by atoms with Crippen molar-refractivity contribution in [1.29, 1.82) is 0 Å². The van der Waals surface area contributed by atoms with Crippen LogP contribution in [0.5, 0.6) is 46.0 Å². The van der Waals surface area contributed by atoms with Gasteiger partial charge in [0.2, 0.25) is 5.75 Å². The van der Waals surface area contributed by atoms with E-state index in [0.717, 1.165) is 46.3 Å². The summed E-state index contributed by atoms with van der Waals surface area (Å²) in [4.78, 5) is 2.35. The molecule has 0 unspecified atom stereocenters. The topological polar surface area (TPSA) is 81.7 Å².